The highest BCUT2D eigenvalue weighted by Crippen LogP contribution is 2.18. The van der Waals surface area contributed by atoms with E-state index in [-0.39, 0.29) is 5.56 Å². The van der Waals surface area contributed by atoms with Crippen LogP contribution in [0.15, 0.2) is 15.6 Å². The fourth-order valence-electron chi connectivity index (χ4n) is 1.42. The number of hydrogen-bond acceptors (Lipinski definition) is 4. The Bertz CT molecular complexity index is 379. The zero-order chi connectivity index (χ0) is 12.0. The van der Waals surface area contributed by atoms with Gasteiger partial charge in [-0.15, -0.1) is 0 Å². The molecule has 0 fully saturated rings. The zero-order valence-electron chi connectivity index (χ0n) is 9.37. The van der Waals surface area contributed by atoms with Crippen molar-refractivity contribution in [2.24, 2.45) is 5.73 Å². The van der Waals surface area contributed by atoms with Crippen LogP contribution in [-0.4, -0.2) is 29.6 Å². The molecule has 0 aliphatic carbocycles. The van der Waals surface area contributed by atoms with E-state index in [1.165, 1.54) is 6.33 Å². The number of nitrogens with zero attached hydrogens (tertiary/aromatic N) is 2. The predicted molar refractivity (Wildman–Crippen MR) is 68.7 cm³/mol. The number of anilines is 1. The minimum Gasteiger partial charge on any atom is -0.354 e. The quantitative estimate of drug-likeness (QED) is 0.822. The van der Waals surface area contributed by atoms with Gasteiger partial charge in [-0.3, -0.25) is 4.79 Å². The van der Waals surface area contributed by atoms with E-state index < -0.39 is 0 Å². The largest absolute Gasteiger partial charge is 0.354 e. The molecular weight excluding hydrogens is 272 g/mol. The van der Waals surface area contributed by atoms with Crippen molar-refractivity contribution in [3.05, 3.63) is 21.2 Å². The minimum absolute atomic E-state index is 0.163. The van der Waals surface area contributed by atoms with Crippen molar-refractivity contribution in [1.29, 1.82) is 0 Å². The van der Waals surface area contributed by atoms with Gasteiger partial charge in [0.25, 0.3) is 5.56 Å². The van der Waals surface area contributed by atoms with Crippen LogP contribution < -0.4 is 16.2 Å². The molecule has 16 heavy (non-hydrogen) atoms. The lowest BCUT2D eigenvalue weighted by molar-refractivity contribution is 0.704. The van der Waals surface area contributed by atoms with E-state index in [0.29, 0.717) is 23.4 Å². The second-order valence-corrected chi connectivity index (χ2v) is 4.29. The minimum atomic E-state index is -0.163. The van der Waals surface area contributed by atoms with Gasteiger partial charge in [-0.05, 0) is 22.4 Å². The van der Waals surface area contributed by atoms with Gasteiger partial charge in [0.05, 0.1) is 6.33 Å². The van der Waals surface area contributed by atoms with E-state index in [1.54, 1.807) is 0 Å². The van der Waals surface area contributed by atoms with Crippen LogP contribution in [0.1, 0.15) is 19.8 Å². The summed E-state index contributed by atoms with van der Waals surface area (Å²) >= 11 is 3.25. The smallest absolute Gasteiger partial charge is 0.267 e. The number of nitrogens with one attached hydrogen (secondary N) is 1. The molecule has 1 aromatic rings. The first-order chi connectivity index (χ1) is 7.70. The van der Waals surface area contributed by atoms with Gasteiger partial charge >= 0.3 is 0 Å². The molecule has 0 spiro atoms. The molecule has 0 saturated carbocycles. The standard InChI is InChI=1S/C10H17BrN4O/c1-2-3-5-15(6-4-12)9-8(11)10(16)14-7-13-9/h7H,2-6,12H2,1H3,(H,13,14,16). The monoisotopic (exact) mass is 288 g/mol. The van der Waals surface area contributed by atoms with E-state index in [9.17, 15) is 4.79 Å². The number of nitrogens with two attached hydrogens (primary N) is 1. The van der Waals surface area contributed by atoms with Crippen molar-refractivity contribution in [2.75, 3.05) is 24.5 Å². The third-order valence-electron chi connectivity index (χ3n) is 2.26. The van der Waals surface area contributed by atoms with E-state index in [2.05, 4.69) is 32.8 Å². The molecule has 0 atom stereocenters. The molecule has 0 radical (unpaired) electrons. The van der Waals surface area contributed by atoms with Crippen LogP contribution >= 0.6 is 15.9 Å². The second-order valence-electron chi connectivity index (χ2n) is 3.50. The number of halogens is 1. The van der Waals surface area contributed by atoms with Crippen LogP contribution in [0.25, 0.3) is 0 Å². The molecule has 0 aliphatic rings. The Morgan fingerprint density at radius 2 is 2.31 bits per heavy atom. The van der Waals surface area contributed by atoms with Crippen LogP contribution in [-0.2, 0) is 0 Å². The fraction of sp³-hybridized carbons (Fsp3) is 0.600. The molecule has 1 heterocycles. The van der Waals surface area contributed by atoms with Crippen LogP contribution in [0, 0.1) is 0 Å². The van der Waals surface area contributed by atoms with Crippen LogP contribution in [0.2, 0.25) is 0 Å². The highest BCUT2D eigenvalue weighted by Gasteiger charge is 2.12. The molecule has 1 aromatic heterocycles. The van der Waals surface area contributed by atoms with Crippen LogP contribution in [0.4, 0.5) is 5.82 Å². The lowest BCUT2D eigenvalue weighted by atomic mass is 10.3. The molecule has 3 N–H and O–H groups in total. The van der Waals surface area contributed by atoms with Gasteiger partial charge in [-0.1, -0.05) is 13.3 Å². The van der Waals surface area contributed by atoms with Gasteiger partial charge in [0.15, 0.2) is 0 Å². The van der Waals surface area contributed by atoms with Crippen molar-refractivity contribution in [3.8, 4) is 0 Å². The highest BCUT2D eigenvalue weighted by molar-refractivity contribution is 9.10. The molecule has 0 aromatic carbocycles. The predicted octanol–water partition coefficient (Wildman–Crippen LogP) is 1.10. The first-order valence-electron chi connectivity index (χ1n) is 5.39. The van der Waals surface area contributed by atoms with Gasteiger partial charge in [0.2, 0.25) is 0 Å². The van der Waals surface area contributed by atoms with Crippen LogP contribution in [0.5, 0.6) is 0 Å². The summed E-state index contributed by atoms with van der Waals surface area (Å²) in [7, 11) is 0. The Morgan fingerprint density at radius 1 is 1.56 bits per heavy atom. The molecular formula is C10H17BrN4O. The van der Waals surface area contributed by atoms with Gasteiger partial charge in [-0.2, -0.15) is 0 Å². The summed E-state index contributed by atoms with van der Waals surface area (Å²) in [5.41, 5.74) is 5.39. The van der Waals surface area contributed by atoms with Crippen molar-refractivity contribution in [1.82, 2.24) is 9.97 Å². The average molecular weight is 289 g/mol. The molecule has 5 nitrogen and oxygen atoms in total. The number of rotatable bonds is 6. The Morgan fingerprint density at radius 3 is 2.94 bits per heavy atom. The maximum atomic E-state index is 11.4. The zero-order valence-corrected chi connectivity index (χ0v) is 11.0. The van der Waals surface area contributed by atoms with Crippen molar-refractivity contribution in [2.45, 2.75) is 19.8 Å². The summed E-state index contributed by atoms with van der Waals surface area (Å²) in [5, 5.41) is 0. The summed E-state index contributed by atoms with van der Waals surface area (Å²) in [6.45, 7) is 4.24. The van der Waals surface area contributed by atoms with Gasteiger partial charge in [0.1, 0.15) is 10.3 Å². The maximum Gasteiger partial charge on any atom is 0.267 e. The first kappa shape index (κ1) is 13.2. The van der Waals surface area contributed by atoms with Crippen LogP contribution in [0.3, 0.4) is 0 Å². The van der Waals surface area contributed by atoms with E-state index >= 15 is 0 Å². The molecule has 0 saturated heterocycles. The third-order valence-corrected chi connectivity index (χ3v) is 2.97. The maximum absolute atomic E-state index is 11.4. The Kier molecular flexibility index (Phi) is 5.48. The molecule has 0 aliphatic heterocycles. The molecule has 6 heteroatoms. The second kappa shape index (κ2) is 6.65. The fourth-order valence-corrected chi connectivity index (χ4v) is 1.89. The normalized spacial score (nSPS) is 10.4. The summed E-state index contributed by atoms with van der Waals surface area (Å²) in [6.07, 6.45) is 3.57. The topological polar surface area (TPSA) is 75.0 Å². The Hall–Kier alpha value is -0.880. The summed E-state index contributed by atoms with van der Waals surface area (Å²) < 4.78 is 0.472. The van der Waals surface area contributed by atoms with Gasteiger partial charge in [-0.25, -0.2) is 4.98 Å². The molecule has 0 bridgehead atoms. The number of aromatic amines is 1. The number of aromatic nitrogens is 2. The highest BCUT2D eigenvalue weighted by atomic mass is 79.9. The lowest BCUT2D eigenvalue weighted by Crippen LogP contribution is -2.32. The molecule has 0 amide bonds. The number of unbranched alkanes of at least 4 members (excludes halogenated alkanes) is 1. The Labute approximate surface area is 103 Å². The van der Waals surface area contributed by atoms with Gasteiger partial charge in [0, 0.05) is 19.6 Å². The van der Waals surface area contributed by atoms with Crippen molar-refractivity contribution < 1.29 is 0 Å². The van der Waals surface area contributed by atoms with Crippen molar-refractivity contribution in [3.63, 3.8) is 0 Å². The summed E-state index contributed by atoms with van der Waals surface area (Å²) in [5.74, 6) is 0.669. The van der Waals surface area contributed by atoms with E-state index in [4.69, 9.17) is 5.73 Å². The molecule has 90 valence electrons. The Balaban J connectivity index is 2.91. The van der Waals surface area contributed by atoms with E-state index in [1.807, 2.05) is 4.90 Å². The number of H-pyrrole nitrogens is 1. The SMILES string of the molecule is CCCCN(CCN)c1nc[nH]c(=O)c1Br. The lowest BCUT2D eigenvalue weighted by Gasteiger charge is -2.23. The molecule has 1 rings (SSSR count). The van der Waals surface area contributed by atoms with Gasteiger partial charge < -0.3 is 15.6 Å². The summed E-state index contributed by atoms with van der Waals surface area (Å²) in [6, 6.07) is 0. The average Bonchev–Trinajstić information content (AvgIpc) is 2.28. The summed E-state index contributed by atoms with van der Waals surface area (Å²) in [4.78, 5) is 20.2. The number of hydrogen-bond donors (Lipinski definition) is 2. The van der Waals surface area contributed by atoms with E-state index in [0.717, 1.165) is 19.4 Å². The first-order valence-corrected chi connectivity index (χ1v) is 6.18. The van der Waals surface area contributed by atoms with Crippen molar-refractivity contribution >= 4 is 21.7 Å². The molecule has 0 unspecified atom stereocenters. The third kappa shape index (κ3) is 3.31.